The Morgan fingerprint density at radius 1 is 1.20 bits per heavy atom. The number of aryl methyl sites for hydroxylation is 1. The van der Waals surface area contributed by atoms with Gasteiger partial charge in [0.1, 0.15) is 0 Å². The lowest BCUT2D eigenvalue weighted by Gasteiger charge is -2.29. The van der Waals surface area contributed by atoms with E-state index in [1.807, 2.05) is 23.6 Å². The van der Waals surface area contributed by atoms with Crippen molar-refractivity contribution in [2.45, 2.75) is 25.7 Å². The van der Waals surface area contributed by atoms with Crippen molar-refractivity contribution in [3.8, 4) is 0 Å². The Hall–Kier alpha value is -2.78. The third-order valence-electron chi connectivity index (χ3n) is 4.55. The molecule has 0 spiro atoms. The summed E-state index contributed by atoms with van der Waals surface area (Å²) in [5, 5.41) is 5.11. The molecule has 0 amide bonds. The number of benzene rings is 1. The van der Waals surface area contributed by atoms with Gasteiger partial charge in [-0.15, -0.1) is 0 Å². The molecule has 0 saturated heterocycles. The molecule has 8 nitrogen and oxygen atoms in total. The van der Waals surface area contributed by atoms with E-state index in [-0.39, 0.29) is 0 Å². The Morgan fingerprint density at radius 3 is 2.87 bits per heavy atom. The van der Waals surface area contributed by atoms with Crippen molar-refractivity contribution >= 4 is 21.9 Å². The predicted molar refractivity (Wildman–Crippen MR) is 124 cm³/mol. The van der Waals surface area contributed by atoms with Crippen LogP contribution >= 0.6 is 15.9 Å². The lowest BCUT2D eigenvalue weighted by Crippen LogP contribution is -2.47. The highest BCUT2D eigenvalue weighted by molar-refractivity contribution is 9.10. The Bertz CT molecular complexity index is 842. The molecule has 1 aromatic heterocycles. The first-order valence-corrected chi connectivity index (χ1v) is 10.9. The molecule has 1 aliphatic heterocycles. The average molecular weight is 473 g/mol. The Morgan fingerprint density at radius 2 is 2.07 bits per heavy atom. The molecule has 1 aliphatic rings. The summed E-state index contributed by atoms with van der Waals surface area (Å²) in [6, 6.07) is 8.38. The van der Waals surface area contributed by atoms with Crippen LogP contribution in [0.2, 0.25) is 0 Å². The Balaban J connectivity index is 1.31. The van der Waals surface area contributed by atoms with Gasteiger partial charge >= 0.3 is 0 Å². The smallest absolute Gasteiger partial charge is 0.188 e. The van der Waals surface area contributed by atoms with E-state index in [0.717, 1.165) is 54.6 Å². The topological polar surface area (TPSA) is 106 Å². The van der Waals surface area contributed by atoms with Crippen LogP contribution in [-0.2, 0) is 12.8 Å². The minimum absolute atomic E-state index is 0.495. The maximum atomic E-state index is 5.93. The number of nitrogens with two attached hydrogens (primary N) is 1. The van der Waals surface area contributed by atoms with E-state index in [2.05, 4.69) is 77.4 Å². The molecule has 2 heterocycles. The zero-order valence-electron chi connectivity index (χ0n) is 16.9. The summed E-state index contributed by atoms with van der Waals surface area (Å²) in [5.74, 6) is 0.495. The minimum Gasteiger partial charge on any atom is -0.370 e. The van der Waals surface area contributed by atoms with E-state index >= 15 is 0 Å². The van der Waals surface area contributed by atoms with E-state index in [1.54, 1.807) is 6.33 Å². The number of aliphatic imine (C=N–C) groups is 1. The van der Waals surface area contributed by atoms with Crippen molar-refractivity contribution in [3.63, 3.8) is 0 Å². The highest BCUT2D eigenvalue weighted by Gasteiger charge is 2.10. The fourth-order valence-corrected chi connectivity index (χ4v) is 3.24. The number of allylic oxidation sites excluding steroid dienone is 3. The van der Waals surface area contributed by atoms with Crippen LogP contribution in [0.3, 0.4) is 0 Å². The molecule has 6 N–H and O–H groups in total. The molecule has 3 rings (SSSR count). The lowest BCUT2D eigenvalue weighted by atomic mass is 10.1. The zero-order valence-corrected chi connectivity index (χ0v) is 18.5. The number of aromatic amines is 1. The van der Waals surface area contributed by atoms with Crippen LogP contribution in [0.4, 0.5) is 0 Å². The summed E-state index contributed by atoms with van der Waals surface area (Å²) in [5.41, 5.74) is 16.1. The molecule has 0 saturated carbocycles. The second-order valence-corrected chi connectivity index (χ2v) is 7.84. The Kier molecular flexibility index (Phi) is 8.80. The Labute approximate surface area is 185 Å². The van der Waals surface area contributed by atoms with Crippen LogP contribution in [0, 0.1) is 0 Å². The van der Waals surface area contributed by atoms with Crippen molar-refractivity contribution in [2.75, 3.05) is 19.6 Å². The normalized spacial score (nSPS) is 13.8. The maximum Gasteiger partial charge on any atom is 0.188 e. The first-order valence-electron chi connectivity index (χ1n) is 10.1. The van der Waals surface area contributed by atoms with Gasteiger partial charge in [-0.1, -0.05) is 28.1 Å². The van der Waals surface area contributed by atoms with Crippen LogP contribution in [0.15, 0.2) is 70.3 Å². The highest BCUT2D eigenvalue weighted by Crippen LogP contribution is 2.15. The number of guanidine groups is 1. The summed E-state index contributed by atoms with van der Waals surface area (Å²) in [6.45, 7) is 2.25. The predicted octanol–water partition coefficient (Wildman–Crippen LogP) is 2.36. The number of H-pyrrole nitrogens is 1. The molecule has 0 unspecified atom stereocenters. The number of rotatable bonds is 11. The lowest BCUT2D eigenvalue weighted by molar-refractivity contribution is 0.187. The van der Waals surface area contributed by atoms with Crippen LogP contribution < -0.4 is 21.9 Å². The number of nitrogens with one attached hydrogen (secondary N) is 4. The van der Waals surface area contributed by atoms with Gasteiger partial charge in [-0.05, 0) is 49.1 Å². The number of imidazole rings is 1. The number of hydrogen-bond donors (Lipinski definition) is 5. The van der Waals surface area contributed by atoms with Crippen molar-refractivity contribution in [2.24, 2.45) is 10.7 Å². The average Bonchev–Trinajstić information content (AvgIpc) is 3.27. The monoisotopic (exact) mass is 472 g/mol. The quantitative estimate of drug-likeness (QED) is 0.195. The first kappa shape index (κ1) is 21.9. The third-order valence-corrected chi connectivity index (χ3v) is 5.07. The molecule has 0 fully saturated rings. The third kappa shape index (κ3) is 7.57. The van der Waals surface area contributed by atoms with E-state index in [1.165, 1.54) is 5.56 Å². The van der Waals surface area contributed by atoms with Gasteiger partial charge in [0.25, 0.3) is 0 Å². The molecule has 0 atom stereocenters. The summed E-state index contributed by atoms with van der Waals surface area (Å²) >= 11 is 3.48. The van der Waals surface area contributed by atoms with Gasteiger partial charge in [0.2, 0.25) is 0 Å². The minimum atomic E-state index is 0.495. The van der Waals surface area contributed by atoms with Crippen molar-refractivity contribution < 1.29 is 0 Å². The number of halogens is 1. The van der Waals surface area contributed by atoms with Crippen LogP contribution in [0.1, 0.15) is 24.1 Å². The maximum absolute atomic E-state index is 5.93. The van der Waals surface area contributed by atoms with Gasteiger partial charge in [0.15, 0.2) is 5.96 Å². The van der Waals surface area contributed by atoms with Crippen LogP contribution in [0.5, 0.6) is 0 Å². The highest BCUT2D eigenvalue weighted by atomic mass is 79.9. The molecule has 0 aliphatic carbocycles. The number of hydrogen-bond acceptors (Lipinski definition) is 5. The van der Waals surface area contributed by atoms with Gasteiger partial charge in [0, 0.05) is 48.6 Å². The molecule has 9 heteroatoms. The van der Waals surface area contributed by atoms with Crippen LogP contribution in [-0.4, -0.2) is 40.7 Å². The summed E-state index contributed by atoms with van der Waals surface area (Å²) in [4.78, 5) is 11.5. The van der Waals surface area contributed by atoms with Gasteiger partial charge in [-0.3, -0.25) is 10.4 Å². The SMILES string of the molecule is NC(=NCCCNN1NC=CC=C1Cc1ccc(Br)cc1)NCCCc1cnc[nH]1. The van der Waals surface area contributed by atoms with E-state index in [9.17, 15) is 0 Å². The number of nitrogens with zero attached hydrogens (tertiary/aromatic N) is 3. The van der Waals surface area contributed by atoms with E-state index < -0.39 is 0 Å². The first-order chi connectivity index (χ1) is 14.7. The molecule has 2 aromatic rings. The molecular formula is C21H29BrN8. The van der Waals surface area contributed by atoms with Crippen molar-refractivity contribution in [1.29, 1.82) is 0 Å². The fraction of sp³-hybridized carbons (Fsp3) is 0.333. The standard InChI is InChI=1S/C21H29BrN8/c22-18-8-6-17(7-9-18)14-20-5-2-12-28-30(20)29-13-3-11-26-21(23)25-10-1-4-19-15-24-16-27-19/h2,5-9,12,15-16,28-29H,1,3-4,10-11,13-14H2,(H,24,27)(H3,23,25,26). The number of aromatic nitrogens is 2. The van der Waals surface area contributed by atoms with Crippen LogP contribution in [0.25, 0.3) is 0 Å². The second-order valence-electron chi connectivity index (χ2n) is 6.92. The van der Waals surface area contributed by atoms with E-state index in [4.69, 9.17) is 5.73 Å². The van der Waals surface area contributed by atoms with Gasteiger partial charge in [0.05, 0.1) is 12.0 Å². The second kappa shape index (κ2) is 12.0. The summed E-state index contributed by atoms with van der Waals surface area (Å²) in [7, 11) is 0. The largest absolute Gasteiger partial charge is 0.370 e. The molecule has 0 bridgehead atoms. The number of hydrazine groups is 2. The molecule has 0 radical (unpaired) electrons. The van der Waals surface area contributed by atoms with Crippen molar-refractivity contribution in [3.05, 3.63) is 76.6 Å². The molecule has 160 valence electrons. The molecule has 1 aromatic carbocycles. The van der Waals surface area contributed by atoms with Gasteiger partial charge in [-0.25, -0.2) is 15.5 Å². The van der Waals surface area contributed by atoms with Gasteiger partial charge in [-0.2, -0.15) is 0 Å². The zero-order chi connectivity index (χ0) is 21.0. The molecule has 30 heavy (non-hydrogen) atoms. The van der Waals surface area contributed by atoms with Gasteiger partial charge < -0.3 is 16.0 Å². The van der Waals surface area contributed by atoms with Crippen molar-refractivity contribution in [1.82, 2.24) is 31.3 Å². The fourth-order valence-electron chi connectivity index (χ4n) is 2.97. The summed E-state index contributed by atoms with van der Waals surface area (Å²) in [6.07, 6.45) is 13.2. The molecular weight excluding hydrogens is 444 g/mol. The summed E-state index contributed by atoms with van der Waals surface area (Å²) < 4.78 is 1.09. The van der Waals surface area contributed by atoms with E-state index in [0.29, 0.717) is 12.5 Å².